The van der Waals surface area contributed by atoms with Crippen molar-refractivity contribution in [2.75, 3.05) is 18.5 Å². The monoisotopic (exact) mass is 445 g/mol. The minimum absolute atomic E-state index is 0.00201. The topological polar surface area (TPSA) is 89.0 Å². The number of hydrogen-bond acceptors (Lipinski definition) is 5. The van der Waals surface area contributed by atoms with E-state index in [-0.39, 0.29) is 24.7 Å². The van der Waals surface area contributed by atoms with Crippen molar-refractivity contribution in [3.63, 3.8) is 0 Å². The summed E-state index contributed by atoms with van der Waals surface area (Å²) in [6.45, 7) is 5.15. The summed E-state index contributed by atoms with van der Waals surface area (Å²) >= 11 is 6.00. The normalized spacial score (nSPS) is 10.7. The highest BCUT2D eigenvalue weighted by molar-refractivity contribution is 6.33. The molecule has 8 heteroatoms. The molecule has 0 fully saturated rings. The molecule has 0 unspecified atom stereocenters. The summed E-state index contributed by atoms with van der Waals surface area (Å²) in [4.78, 5) is 23.9. The first-order chi connectivity index (χ1) is 15.0. The zero-order valence-electron chi connectivity index (χ0n) is 17.8. The quantitative estimate of drug-likeness (QED) is 0.279. The molecule has 7 nitrogen and oxygen atoms in total. The van der Waals surface area contributed by atoms with Crippen LogP contribution in [0.5, 0.6) is 11.5 Å². The van der Waals surface area contributed by atoms with Crippen molar-refractivity contribution >= 4 is 35.3 Å². The molecule has 0 saturated carbocycles. The fourth-order valence-corrected chi connectivity index (χ4v) is 2.74. The third kappa shape index (κ3) is 8.68. The summed E-state index contributed by atoms with van der Waals surface area (Å²) in [5.74, 6) is 0.647. The van der Waals surface area contributed by atoms with E-state index < -0.39 is 0 Å². The first-order valence-corrected chi connectivity index (χ1v) is 10.7. The Labute approximate surface area is 187 Å². The summed E-state index contributed by atoms with van der Waals surface area (Å²) in [6.07, 6.45) is 3.56. The van der Waals surface area contributed by atoms with E-state index in [1.54, 1.807) is 30.3 Å². The Balaban J connectivity index is 1.82. The SMILES string of the molecule is CCCCOc1ccc(C=NNC(=O)CCC(=O)Nc2ccccc2Cl)cc1OCC. The first-order valence-electron chi connectivity index (χ1n) is 10.3. The summed E-state index contributed by atoms with van der Waals surface area (Å²) in [6, 6.07) is 12.4. The Morgan fingerprint density at radius 2 is 1.81 bits per heavy atom. The van der Waals surface area contributed by atoms with Crippen molar-refractivity contribution < 1.29 is 19.1 Å². The van der Waals surface area contributed by atoms with E-state index in [9.17, 15) is 9.59 Å². The van der Waals surface area contributed by atoms with Crippen LogP contribution in [0.1, 0.15) is 45.1 Å². The molecule has 2 amide bonds. The molecular weight excluding hydrogens is 418 g/mol. The fraction of sp³-hybridized carbons (Fsp3) is 0.348. The first kappa shape index (κ1) is 24.2. The number of nitrogens with zero attached hydrogens (tertiary/aromatic N) is 1. The second kappa shape index (κ2) is 13.3. The minimum Gasteiger partial charge on any atom is -0.490 e. The van der Waals surface area contributed by atoms with Crippen LogP contribution in [0, 0.1) is 0 Å². The van der Waals surface area contributed by atoms with Gasteiger partial charge in [-0.15, -0.1) is 0 Å². The van der Waals surface area contributed by atoms with Crippen LogP contribution in [0.15, 0.2) is 47.6 Å². The Hall–Kier alpha value is -3.06. The molecule has 2 N–H and O–H groups in total. The molecule has 2 aromatic rings. The van der Waals surface area contributed by atoms with Gasteiger partial charge in [0.2, 0.25) is 11.8 Å². The smallest absolute Gasteiger partial charge is 0.240 e. The number of para-hydroxylation sites is 1. The lowest BCUT2D eigenvalue weighted by atomic mass is 10.2. The Morgan fingerprint density at radius 3 is 2.55 bits per heavy atom. The third-order valence-electron chi connectivity index (χ3n) is 4.15. The van der Waals surface area contributed by atoms with E-state index in [1.807, 2.05) is 19.1 Å². The molecule has 31 heavy (non-hydrogen) atoms. The number of benzene rings is 2. The van der Waals surface area contributed by atoms with Crippen molar-refractivity contribution in [1.82, 2.24) is 5.43 Å². The van der Waals surface area contributed by atoms with Crippen molar-refractivity contribution in [3.05, 3.63) is 53.1 Å². The molecule has 0 aliphatic carbocycles. The van der Waals surface area contributed by atoms with Crippen LogP contribution in [-0.4, -0.2) is 31.2 Å². The number of hydrazone groups is 1. The molecule has 166 valence electrons. The highest BCUT2D eigenvalue weighted by Crippen LogP contribution is 2.28. The van der Waals surface area contributed by atoms with Gasteiger partial charge in [-0.05, 0) is 49.2 Å². The van der Waals surface area contributed by atoms with Gasteiger partial charge in [0, 0.05) is 12.8 Å². The third-order valence-corrected chi connectivity index (χ3v) is 4.48. The van der Waals surface area contributed by atoms with E-state index in [0.29, 0.717) is 35.4 Å². The maximum Gasteiger partial charge on any atom is 0.240 e. The number of rotatable bonds is 12. The van der Waals surface area contributed by atoms with E-state index in [0.717, 1.165) is 18.4 Å². The van der Waals surface area contributed by atoms with Gasteiger partial charge in [0.25, 0.3) is 0 Å². The van der Waals surface area contributed by atoms with E-state index in [1.165, 1.54) is 6.21 Å². The fourth-order valence-electron chi connectivity index (χ4n) is 2.56. The van der Waals surface area contributed by atoms with Crippen LogP contribution < -0.4 is 20.2 Å². The van der Waals surface area contributed by atoms with Gasteiger partial charge >= 0.3 is 0 Å². The van der Waals surface area contributed by atoms with Crippen molar-refractivity contribution in [2.24, 2.45) is 5.10 Å². The molecule has 0 saturated heterocycles. The van der Waals surface area contributed by atoms with Crippen LogP contribution in [0.25, 0.3) is 0 Å². The molecule has 0 radical (unpaired) electrons. The van der Waals surface area contributed by atoms with Crippen LogP contribution >= 0.6 is 11.6 Å². The summed E-state index contributed by atoms with van der Waals surface area (Å²) < 4.78 is 11.4. The number of ether oxygens (including phenoxy) is 2. The van der Waals surface area contributed by atoms with Gasteiger partial charge < -0.3 is 14.8 Å². The number of carbonyl (C=O) groups is 2. The molecule has 0 aromatic heterocycles. The van der Waals surface area contributed by atoms with Gasteiger partial charge in [-0.3, -0.25) is 9.59 Å². The van der Waals surface area contributed by atoms with Crippen LogP contribution in [0.2, 0.25) is 5.02 Å². The predicted molar refractivity (Wildman–Crippen MR) is 123 cm³/mol. The second-order valence-electron chi connectivity index (χ2n) is 6.66. The summed E-state index contributed by atoms with van der Waals surface area (Å²) in [5, 5.41) is 7.07. The van der Waals surface area contributed by atoms with Gasteiger partial charge in [0.15, 0.2) is 11.5 Å². The molecule has 0 aliphatic rings. The van der Waals surface area contributed by atoms with Gasteiger partial charge in [-0.25, -0.2) is 5.43 Å². The van der Waals surface area contributed by atoms with Crippen LogP contribution in [0.3, 0.4) is 0 Å². The van der Waals surface area contributed by atoms with Gasteiger partial charge in [0.1, 0.15) is 0 Å². The Kier molecular flexibility index (Phi) is 10.4. The van der Waals surface area contributed by atoms with E-state index >= 15 is 0 Å². The molecule has 0 spiro atoms. The highest BCUT2D eigenvalue weighted by Gasteiger charge is 2.09. The zero-order chi connectivity index (χ0) is 22.5. The molecule has 0 atom stereocenters. The molecular formula is C23H28ClN3O4. The molecule has 0 aliphatic heterocycles. The van der Waals surface area contributed by atoms with Gasteiger partial charge in [-0.1, -0.05) is 37.1 Å². The van der Waals surface area contributed by atoms with Gasteiger partial charge in [0.05, 0.1) is 30.1 Å². The summed E-state index contributed by atoms with van der Waals surface area (Å²) in [7, 11) is 0. The van der Waals surface area contributed by atoms with Gasteiger partial charge in [-0.2, -0.15) is 5.10 Å². The average Bonchev–Trinajstić information content (AvgIpc) is 2.76. The highest BCUT2D eigenvalue weighted by atomic mass is 35.5. The number of amides is 2. The second-order valence-corrected chi connectivity index (χ2v) is 7.07. The number of hydrogen-bond donors (Lipinski definition) is 2. The minimum atomic E-state index is -0.366. The molecule has 2 rings (SSSR count). The van der Waals surface area contributed by atoms with Crippen LogP contribution in [0.4, 0.5) is 5.69 Å². The van der Waals surface area contributed by atoms with Crippen LogP contribution in [-0.2, 0) is 9.59 Å². The summed E-state index contributed by atoms with van der Waals surface area (Å²) in [5.41, 5.74) is 3.69. The number of anilines is 1. The van der Waals surface area contributed by atoms with Crippen molar-refractivity contribution in [3.8, 4) is 11.5 Å². The lowest BCUT2D eigenvalue weighted by Crippen LogP contribution is -2.20. The van der Waals surface area contributed by atoms with E-state index in [4.69, 9.17) is 21.1 Å². The largest absolute Gasteiger partial charge is 0.490 e. The number of unbranched alkanes of at least 4 members (excludes halogenated alkanes) is 1. The predicted octanol–water partition coefficient (Wildman–Crippen LogP) is 4.79. The number of nitrogens with one attached hydrogen (secondary N) is 2. The Bertz CT molecular complexity index is 902. The maximum atomic E-state index is 12.0. The molecule has 0 heterocycles. The molecule has 2 aromatic carbocycles. The standard InChI is InChI=1S/C23H28ClN3O4/c1-3-5-14-31-20-11-10-17(15-21(20)30-4-2)16-25-27-23(29)13-12-22(28)26-19-9-7-6-8-18(19)24/h6-11,15-16H,3-5,12-14H2,1-2H3,(H,26,28)(H,27,29). The van der Waals surface area contributed by atoms with Crippen molar-refractivity contribution in [1.29, 1.82) is 0 Å². The average molecular weight is 446 g/mol. The zero-order valence-corrected chi connectivity index (χ0v) is 18.6. The molecule has 0 bridgehead atoms. The Morgan fingerprint density at radius 1 is 1.03 bits per heavy atom. The lowest BCUT2D eigenvalue weighted by molar-refractivity contribution is -0.124. The lowest BCUT2D eigenvalue weighted by Gasteiger charge is -2.12. The number of halogens is 1. The number of carbonyl (C=O) groups excluding carboxylic acids is 2. The van der Waals surface area contributed by atoms with E-state index in [2.05, 4.69) is 22.8 Å². The van der Waals surface area contributed by atoms with Crippen molar-refractivity contribution in [2.45, 2.75) is 39.5 Å². The maximum absolute atomic E-state index is 12.0.